The van der Waals surface area contributed by atoms with Crippen LogP contribution in [-0.2, 0) is 4.79 Å². The zero-order valence-corrected chi connectivity index (χ0v) is 10.9. The number of anilines is 1. The zero-order valence-electron chi connectivity index (χ0n) is 10.9. The van der Waals surface area contributed by atoms with E-state index in [0.717, 1.165) is 6.07 Å². The minimum Gasteiger partial charge on any atom is -0.480 e. The minimum absolute atomic E-state index is 0.0661. The number of hydrogen-bond acceptors (Lipinski definition) is 3. The highest BCUT2D eigenvalue weighted by atomic mass is 19.1. The van der Waals surface area contributed by atoms with Crippen LogP contribution in [0.15, 0.2) is 18.2 Å². The van der Waals surface area contributed by atoms with E-state index >= 15 is 0 Å². The van der Waals surface area contributed by atoms with Gasteiger partial charge in [-0.25, -0.2) is 9.18 Å². The van der Waals surface area contributed by atoms with Crippen molar-refractivity contribution in [2.24, 2.45) is 0 Å². The Morgan fingerprint density at radius 1 is 1.47 bits per heavy atom. The Balaban J connectivity index is 3.01. The molecule has 19 heavy (non-hydrogen) atoms. The molecule has 0 aliphatic heterocycles. The van der Waals surface area contributed by atoms with Crippen molar-refractivity contribution in [1.82, 2.24) is 5.32 Å². The SMILES string of the molecule is CCCC(C)(NC(=O)c1cccc(F)c1N)C(=O)O. The zero-order chi connectivity index (χ0) is 14.6. The van der Waals surface area contributed by atoms with E-state index in [1.54, 1.807) is 0 Å². The maximum atomic E-state index is 13.3. The summed E-state index contributed by atoms with van der Waals surface area (Å²) in [5.41, 5.74) is 3.72. The number of nitrogens with two attached hydrogens (primary N) is 1. The smallest absolute Gasteiger partial charge is 0.329 e. The Morgan fingerprint density at radius 2 is 2.11 bits per heavy atom. The molecule has 6 heteroatoms. The highest BCUT2D eigenvalue weighted by Crippen LogP contribution is 2.18. The summed E-state index contributed by atoms with van der Waals surface area (Å²) in [6.07, 6.45) is 0.852. The van der Waals surface area contributed by atoms with Crippen molar-refractivity contribution in [2.45, 2.75) is 32.2 Å². The molecule has 0 radical (unpaired) electrons. The van der Waals surface area contributed by atoms with E-state index < -0.39 is 23.2 Å². The second-order valence-electron chi connectivity index (χ2n) is 4.54. The summed E-state index contributed by atoms with van der Waals surface area (Å²) in [7, 11) is 0. The molecule has 1 aromatic carbocycles. The molecule has 0 fully saturated rings. The van der Waals surface area contributed by atoms with Gasteiger partial charge in [0, 0.05) is 0 Å². The molecule has 5 nitrogen and oxygen atoms in total. The van der Waals surface area contributed by atoms with Gasteiger partial charge < -0.3 is 16.2 Å². The normalized spacial score (nSPS) is 13.6. The van der Waals surface area contributed by atoms with Gasteiger partial charge in [0.25, 0.3) is 5.91 Å². The fourth-order valence-electron chi connectivity index (χ4n) is 1.78. The topological polar surface area (TPSA) is 92.4 Å². The summed E-state index contributed by atoms with van der Waals surface area (Å²) in [5, 5.41) is 11.6. The average molecular weight is 268 g/mol. The van der Waals surface area contributed by atoms with Crippen LogP contribution >= 0.6 is 0 Å². The first-order valence-electron chi connectivity index (χ1n) is 5.91. The number of nitrogens with one attached hydrogen (secondary N) is 1. The molecule has 0 bridgehead atoms. The van der Waals surface area contributed by atoms with Gasteiger partial charge in [0.2, 0.25) is 0 Å². The van der Waals surface area contributed by atoms with Crippen molar-refractivity contribution in [3.05, 3.63) is 29.6 Å². The maximum absolute atomic E-state index is 13.3. The van der Waals surface area contributed by atoms with Gasteiger partial charge >= 0.3 is 5.97 Å². The molecule has 104 valence electrons. The largest absolute Gasteiger partial charge is 0.480 e. The van der Waals surface area contributed by atoms with E-state index in [0.29, 0.717) is 6.42 Å². The highest BCUT2D eigenvalue weighted by molar-refractivity contribution is 6.01. The van der Waals surface area contributed by atoms with Gasteiger partial charge in [-0.05, 0) is 25.5 Å². The van der Waals surface area contributed by atoms with Crippen LogP contribution in [0.5, 0.6) is 0 Å². The minimum atomic E-state index is -1.40. The quantitative estimate of drug-likeness (QED) is 0.710. The molecule has 0 saturated carbocycles. The summed E-state index contributed by atoms with van der Waals surface area (Å²) in [6.45, 7) is 3.22. The van der Waals surface area contributed by atoms with Crippen LogP contribution in [-0.4, -0.2) is 22.5 Å². The lowest BCUT2D eigenvalue weighted by Gasteiger charge is -2.26. The van der Waals surface area contributed by atoms with E-state index in [2.05, 4.69) is 5.32 Å². The van der Waals surface area contributed by atoms with Crippen molar-refractivity contribution in [2.75, 3.05) is 5.73 Å². The number of carboxylic acids is 1. The molecule has 1 rings (SSSR count). The maximum Gasteiger partial charge on any atom is 0.329 e. The first-order chi connectivity index (χ1) is 8.81. The van der Waals surface area contributed by atoms with Crippen LogP contribution in [0.4, 0.5) is 10.1 Å². The third kappa shape index (κ3) is 3.21. The number of carboxylic acid groups (broad SMARTS) is 1. The number of aliphatic carboxylic acids is 1. The Hall–Kier alpha value is -2.11. The monoisotopic (exact) mass is 268 g/mol. The van der Waals surface area contributed by atoms with Gasteiger partial charge in [-0.1, -0.05) is 19.4 Å². The number of rotatable bonds is 5. The number of carbonyl (C=O) groups is 2. The van der Waals surface area contributed by atoms with Gasteiger partial charge in [0.05, 0.1) is 11.3 Å². The van der Waals surface area contributed by atoms with E-state index in [-0.39, 0.29) is 17.7 Å². The second-order valence-corrected chi connectivity index (χ2v) is 4.54. The number of hydrogen-bond donors (Lipinski definition) is 3. The molecular weight excluding hydrogens is 251 g/mol. The van der Waals surface area contributed by atoms with Crippen LogP contribution in [0.2, 0.25) is 0 Å². The Kier molecular flexibility index (Phi) is 4.47. The predicted octanol–water partition coefficient (Wildman–Crippen LogP) is 1.78. The van der Waals surface area contributed by atoms with Gasteiger partial charge in [0.15, 0.2) is 0 Å². The van der Waals surface area contributed by atoms with Gasteiger partial charge in [-0.3, -0.25) is 4.79 Å². The molecule has 0 aliphatic carbocycles. The fraction of sp³-hybridized carbons (Fsp3) is 0.385. The van der Waals surface area contributed by atoms with Crippen LogP contribution in [0.3, 0.4) is 0 Å². The first kappa shape index (κ1) is 14.9. The Morgan fingerprint density at radius 3 is 2.63 bits per heavy atom. The summed E-state index contributed by atoms with van der Waals surface area (Å²) in [4.78, 5) is 23.2. The number of carbonyl (C=O) groups excluding carboxylic acids is 1. The molecule has 0 saturated heterocycles. The average Bonchev–Trinajstić information content (AvgIpc) is 2.32. The van der Waals surface area contributed by atoms with Gasteiger partial charge in [-0.2, -0.15) is 0 Å². The van der Waals surface area contributed by atoms with Crippen molar-refractivity contribution < 1.29 is 19.1 Å². The third-order valence-electron chi connectivity index (χ3n) is 2.91. The summed E-state index contributed by atoms with van der Waals surface area (Å²) >= 11 is 0. The first-order valence-corrected chi connectivity index (χ1v) is 5.91. The molecular formula is C13H17FN2O3. The van der Waals surface area contributed by atoms with E-state index in [1.807, 2.05) is 6.92 Å². The number of para-hydroxylation sites is 1. The molecule has 0 aromatic heterocycles. The van der Waals surface area contributed by atoms with Crippen molar-refractivity contribution >= 4 is 17.6 Å². The fourth-order valence-corrected chi connectivity index (χ4v) is 1.78. The summed E-state index contributed by atoms with van der Waals surface area (Å²) < 4.78 is 13.3. The van der Waals surface area contributed by atoms with Gasteiger partial charge in [0.1, 0.15) is 11.4 Å². The predicted molar refractivity (Wildman–Crippen MR) is 69.2 cm³/mol. The summed E-state index contributed by atoms with van der Waals surface area (Å²) in [5.74, 6) is -2.55. The molecule has 1 atom stereocenters. The molecule has 0 aliphatic rings. The lowest BCUT2D eigenvalue weighted by Crippen LogP contribution is -2.52. The number of nitrogen functional groups attached to an aromatic ring is 1. The number of amides is 1. The van der Waals surface area contributed by atoms with E-state index in [4.69, 9.17) is 10.8 Å². The molecule has 4 N–H and O–H groups in total. The molecule has 1 aromatic rings. The number of benzene rings is 1. The molecule has 1 unspecified atom stereocenters. The van der Waals surface area contributed by atoms with Crippen LogP contribution < -0.4 is 11.1 Å². The van der Waals surface area contributed by atoms with E-state index in [1.165, 1.54) is 19.1 Å². The number of halogens is 1. The molecule has 0 heterocycles. The third-order valence-corrected chi connectivity index (χ3v) is 2.91. The second kappa shape index (κ2) is 5.69. The lowest BCUT2D eigenvalue weighted by atomic mass is 9.95. The Labute approximate surface area is 110 Å². The molecule has 0 spiro atoms. The Bertz CT molecular complexity index is 505. The molecule has 1 amide bonds. The summed E-state index contributed by atoms with van der Waals surface area (Å²) in [6, 6.07) is 3.83. The van der Waals surface area contributed by atoms with Crippen molar-refractivity contribution in [3.8, 4) is 0 Å². The highest BCUT2D eigenvalue weighted by Gasteiger charge is 2.34. The standard InChI is InChI=1S/C13H17FN2O3/c1-3-7-13(2,12(18)19)16-11(17)8-5-4-6-9(14)10(8)15/h4-6H,3,7,15H2,1-2H3,(H,16,17)(H,18,19). The van der Waals surface area contributed by atoms with Crippen molar-refractivity contribution in [1.29, 1.82) is 0 Å². The van der Waals surface area contributed by atoms with E-state index in [9.17, 15) is 14.0 Å². The van der Waals surface area contributed by atoms with Crippen LogP contribution in [0, 0.1) is 5.82 Å². The van der Waals surface area contributed by atoms with Crippen LogP contribution in [0.25, 0.3) is 0 Å². The lowest BCUT2D eigenvalue weighted by molar-refractivity contribution is -0.144. The van der Waals surface area contributed by atoms with Gasteiger partial charge in [-0.15, -0.1) is 0 Å². The van der Waals surface area contributed by atoms with Crippen LogP contribution in [0.1, 0.15) is 37.0 Å². The van der Waals surface area contributed by atoms with Crippen molar-refractivity contribution in [3.63, 3.8) is 0 Å².